The van der Waals surface area contributed by atoms with Crippen molar-refractivity contribution in [3.05, 3.63) is 60.1 Å². The molecule has 3 heterocycles. The van der Waals surface area contributed by atoms with E-state index in [4.69, 9.17) is 0 Å². The normalized spacial score (nSPS) is 16.6. The second kappa shape index (κ2) is 5.92. The number of aryl methyl sites for hydroxylation is 1. The molecule has 0 radical (unpaired) electrons. The third-order valence-corrected chi connectivity index (χ3v) is 4.46. The highest BCUT2D eigenvalue weighted by atomic mass is 16.1. The van der Waals surface area contributed by atoms with Crippen LogP contribution in [0, 0.1) is 0 Å². The maximum absolute atomic E-state index is 12.7. The van der Waals surface area contributed by atoms with Crippen LogP contribution in [0.15, 0.2) is 43.2 Å². The number of aromatic nitrogens is 5. The summed E-state index contributed by atoms with van der Waals surface area (Å²) in [6.45, 7) is 0. The third-order valence-electron chi connectivity index (χ3n) is 4.46. The number of imidazole rings is 1. The molecule has 1 aliphatic rings. The second-order valence-electron chi connectivity index (χ2n) is 5.96. The lowest BCUT2D eigenvalue weighted by molar-refractivity contribution is 0.0932. The summed E-state index contributed by atoms with van der Waals surface area (Å²) >= 11 is 0. The summed E-state index contributed by atoms with van der Waals surface area (Å²) < 4.78 is 3.67. The van der Waals surface area contributed by atoms with Crippen molar-refractivity contribution in [3.63, 3.8) is 0 Å². The minimum atomic E-state index is -0.0968. The first-order valence-electron chi connectivity index (χ1n) is 7.98. The number of rotatable bonds is 3. The number of nitrogens with one attached hydrogen (secondary N) is 1. The zero-order valence-electron chi connectivity index (χ0n) is 13.4. The van der Waals surface area contributed by atoms with E-state index in [0.29, 0.717) is 11.4 Å². The van der Waals surface area contributed by atoms with E-state index in [1.807, 2.05) is 17.9 Å². The van der Waals surface area contributed by atoms with Gasteiger partial charge in [-0.3, -0.25) is 14.0 Å². The smallest absolute Gasteiger partial charge is 0.251 e. The minimum absolute atomic E-state index is 0.0137. The number of nitrogens with zero attached hydrogens (tertiary/aromatic N) is 5. The molecule has 1 unspecified atom stereocenters. The predicted molar refractivity (Wildman–Crippen MR) is 87.7 cm³/mol. The van der Waals surface area contributed by atoms with Gasteiger partial charge >= 0.3 is 0 Å². The van der Waals surface area contributed by atoms with Crippen LogP contribution < -0.4 is 5.32 Å². The Morgan fingerprint density at radius 1 is 1.38 bits per heavy atom. The molecule has 1 N–H and O–H groups in total. The van der Waals surface area contributed by atoms with E-state index in [1.165, 1.54) is 5.69 Å². The van der Waals surface area contributed by atoms with Crippen LogP contribution in [0.5, 0.6) is 0 Å². The Morgan fingerprint density at radius 3 is 3.12 bits per heavy atom. The van der Waals surface area contributed by atoms with Crippen LogP contribution in [0.3, 0.4) is 0 Å². The van der Waals surface area contributed by atoms with Gasteiger partial charge < -0.3 is 5.32 Å². The van der Waals surface area contributed by atoms with Crippen molar-refractivity contribution in [1.29, 1.82) is 0 Å². The molecule has 0 aromatic carbocycles. The number of carbonyl (C=O) groups is 1. The van der Waals surface area contributed by atoms with Gasteiger partial charge in [0, 0.05) is 42.5 Å². The summed E-state index contributed by atoms with van der Waals surface area (Å²) in [6, 6.07) is 3.51. The van der Waals surface area contributed by atoms with Crippen LogP contribution in [0.2, 0.25) is 0 Å². The van der Waals surface area contributed by atoms with E-state index in [0.717, 1.165) is 24.8 Å². The maximum Gasteiger partial charge on any atom is 0.251 e. The average molecular weight is 322 g/mol. The fraction of sp³-hybridized carbons (Fsp3) is 0.294. The topological polar surface area (TPSA) is 77.6 Å². The molecule has 1 aliphatic carbocycles. The molecule has 1 atom stereocenters. The van der Waals surface area contributed by atoms with Crippen molar-refractivity contribution in [2.75, 3.05) is 0 Å². The van der Waals surface area contributed by atoms with Crippen LogP contribution in [0.4, 0.5) is 0 Å². The maximum atomic E-state index is 12.7. The van der Waals surface area contributed by atoms with E-state index in [1.54, 1.807) is 41.6 Å². The molecule has 0 bridgehead atoms. The summed E-state index contributed by atoms with van der Waals surface area (Å²) in [5.74, 6) is 0.575. The van der Waals surface area contributed by atoms with Crippen molar-refractivity contribution in [1.82, 2.24) is 29.6 Å². The van der Waals surface area contributed by atoms with Crippen LogP contribution in [0.25, 0.3) is 5.82 Å². The standard InChI is InChI=1S/C17H18N6O/c1-22-15-4-2-3-14(13(15)10-20-22)21-17(24)12-5-6-19-16(9-12)23-8-7-18-11-23/h5-11,14H,2-4H2,1H3,(H,21,24). The van der Waals surface area contributed by atoms with Crippen molar-refractivity contribution >= 4 is 5.91 Å². The molecule has 3 aromatic heterocycles. The van der Waals surface area contributed by atoms with Gasteiger partial charge in [0.1, 0.15) is 12.1 Å². The Hall–Kier alpha value is -2.96. The van der Waals surface area contributed by atoms with Crippen molar-refractivity contribution in [3.8, 4) is 5.82 Å². The molecular weight excluding hydrogens is 304 g/mol. The Morgan fingerprint density at radius 2 is 2.29 bits per heavy atom. The van der Waals surface area contributed by atoms with Crippen LogP contribution in [-0.4, -0.2) is 30.2 Å². The molecule has 0 fully saturated rings. The zero-order chi connectivity index (χ0) is 16.5. The first-order chi connectivity index (χ1) is 11.7. The summed E-state index contributed by atoms with van der Waals surface area (Å²) in [5, 5.41) is 7.45. The van der Waals surface area contributed by atoms with Crippen LogP contribution in [-0.2, 0) is 13.5 Å². The highest BCUT2D eigenvalue weighted by molar-refractivity contribution is 5.94. The Labute approximate surface area is 139 Å². The Kier molecular flexibility index (Phi) is 3.60. The van der Waals surface area contributed by atoms with Gasteiger partial charge in [-0.15, -0.1) is 0 Å². The number of hydrogen-bond acceptors (Lipinski definition) is 4. The molecule has 122 valence electrons. The zero-order valence-corrected chi connectivity index (χ0v) is 13.4. The number of amides is 1. The largest absolute Gasteiger partial charge is 0.345 e. The molecule has 7 heteroatoms. The van der Waals surface area contributed by atoms with Crippen molar-refractivity contribution < 1.29 is 4.79 Å². The molecule has 0 aliphatic heterocycles. The molecule has 7 nitrogen and oxygen atoms in total. The SMILES string of the molecule is Cn1ncc2c1CCCC2NC(=O)c1ccnc(-n2ccnc2)c1. The Balaban J connectivity index is 1.56. The third kappa shape index (κ3) is 2.58. The number of hydrogen-bond donors (Lipinski definition) is 1. The summed E-state index contributed by atoms with van der Waals surface area (Å²) in [5.41, 5.74) is 2.92. The first kappa shape index (κ1) is 14.6. The lowest BCUT2D eigenvalue weighted by atomic mass is 9.93. The van der Waals surface area contributed by atoms with Crippen molar-refractivity contribution in [2.24, 2.45) is 7.05 Å². The van der Waals surface area contributed by atoms with Gasteiger partial charge in [0.15, 0.2) is 0 Å². The van der Waals surface area contributed by atoms with Gasteiger partial charge in [-0.2, -0.15) is 5.10 Å². The molecule has 0 saturated heterocycles. The van der Waals surface area contributed by atoms with Gasteiger partial charge in [-0.05, 0) is 31.4 Å². The van der Waals surface area contributed by atoms with E-state index < -0.39 is 0 Å². The number of fused-ring (bicyclic) bond motifs is 1. The number of pyridine rings is 1. The van der Waals surface area contributed by atoms with E-state index in [2.05, 4.69) is 20.4 Å². The average Bonchev–Trinajstić information content (AvgIpc) is 3.26. The minimum Gasteiger partial charge on any atom is -0.345 e. The quantitative estimate of drug-likeness (QED) is 0.798. The molecular formula is C17H18N6O. The van der Waals surface area contributed by atoms with Crippen molar-refractivity contribution in [2.45, 2.75) is 25.3 Å². The van der Waals surface area contributed by atoms with Gasteiger partial charge in [0.25, 0.3) is 5.91 Å². The molecule has 3 aromatic rings. The molecule has 0 saturated carbocycles. The lowest BCUT2D eigenvalue weighted by Gasteiger charge is -2.23. The van der Waals surface area contributed by atoms with Crippen LogP contribution >= 0.6 is 0 Å². The summed E-state index contributed by atoms with van der Waals surface area (Å²) in [6.07, 6.45) is 11.6. The van der Waals surface area contributed by atoms with Crippen LogP contribution in [0.1, 0.15) is 40.5 Å². The highest BCUT2D eigenvalue weighted by Gasteiger charge is 2.25. The van der Waals surface area contributed by atoms with Gasteiger partial charge in [-0.25, -0.2) is 9.97 Å². The molecule has 24 heavy (non-hydrogen) atoms. The first-order valence-corrected chi connectivity index (χ1v) is 7.98. The molecule has 0 spiro atoms. The monoisotopic (exact) mass is 322 g/mol. The Bertz CT molecular complexity index is 867. The fourth-order valence-electron chi connectivity index (χ4n) is 3.19. The number of carbonyl (C=O) groups excluding carboxylic acids is 1. The fourth-order valence-corrected chi connectivity index (χ4v) is 3.19. The van der Waals surface area contributed by atoms with Gasteiger partial charge in [0.2, 0.25) is 0 Å². The van der Waals surface area contributed by atoms with Gasteiger partial charge in [0.05, 0.1) is 12.2 Å². The summed E-state index contributed by atoms with van der Waals surface area (Å²) in [4.78, 5) is 20.9. The van der Waals surface area contributed by atoms with Gasteiger partial charge in [-0.1, -0.05) is 0 Å². The van der Waals surface area contributed by atoms with E-state index >= 15 is 0 Å². The van der Waals surface area contributed by atoms with E-state index in [9.17, 15) is 4.79 Å². The molecule has 4 rings (SSSR count). The summed E-state index contributed by atoms with van der Waals surface area (Å²) in [7, 11) is 1.95. The second-order valence-corrected chi connectivity index (χ2v) is 5.96. The predicted octanol–water partition coefficient (Wildman–Crippen LogP) is 1.81. The lowest BCUT2D eigenvalue weighted by Crippen LogP contribution is -2.31. The molecule has 1 amide bonds. The highest BCUT2D eigenvalue weighted by Crippen LogP contribution is 2.29. The van der Waals surface area contributed by atoms with E-state index in [-0.39, 0.29) is 11.9 Å².